The van der Waals surface area contributed by atoms with Gasteiger partial charge in [0.25, 0.3) is 5.69 Å². The van der Waals surface area contributed by atoms with E-state index in [4.69, 9.17) is 4.74 Å². The van der Waals surface area contributed by atoms with Gasteiger partial charge >= 0.3 is 12.0 Å². The first-order chi connectivity index (χ1) is 10.8. The molecule has 0 aliphatic carbocycles. The normalized spacial score (nSPS) is 17.3. The van der Waals surface area contributed by atoms with Crippen LogP contribution in [0.5, 0.6) is 5.75 Å². The summed E-state index contributed by atoms with van der Waals surface area (Å²) in [5.74, 6) is -1.24. The monoisotopic (exact) mass is 320 g/mol. The van der Waals surface area contributed by atoms with Gasteiger partial charge in [0.05, 0.1) is 23.1 Å². The van der Waals surface area contributed by atoms with E-state index in [1.165, 1.54) is 6.92 Å². The van der Waals surface area contributed by atoms with Crippen LogP contribution in [0.15, 0.2) is 29.5 Å². The molecule has 1 atom stereocenters. The van der Waals surface area contributed by atoms with E-state index in [0.29, 0.717) is 0 Å². The molecule has 0 spiro atoms. The maximum absolute atomic E-state index is 12.1. The van der Waals surface area contributed by atoms with Crippen molar-refractivity contribution in [3.63, 3.8) is 0 Å². The standard InChI is InChI=1S/C14H15N3O6/c1-3-23-13(19)11-7(2)15-14(20)16-12(11)9-6-8(17(21)22)4-5-10(9)18/h4-6,12,18H,3H2,1-2H3,(H2,15,16,20)/p-1. The van der Waals surface area contributed by atoms with Gasteiger partial charge in [0.15, 0.2) is 0 Å². The second-order valence-corrected chi connectivity index (χ2v) is 4.77. The van der Waals surface area contributed by atoms with Crippen LogP contribution in [0.4, 0.5) is 10.5 Å². The Morgan fingerprint density at radius 2 is 2.13 bits per heavy atom. The third-order valence-corrected chi connectivity index (χ3v) is 3.28. The number of nitro benzene ring substituents is 1. The Morgan fingerprint density at radius 3 is 2.74 bits per heavy atom. The highest BCUT2D eigenvalue weighted by Crippen LogP contribution is 2.34. The fourth-order valence-electron chi connectivity index (χ4n) is 2.28. The molecule has 2 rings (SSSR count). The van der Waals surface area contributed by atoms with Crippen LogP contribution < -0.4 is 15.7 Å². The number of ether oxygens (including phenoxy) is 1. The third kappa shape index (κ3) is 3.23. The van der Waals surface area contributed by atoms with Crippen LogP contribution >= 0.6 is 0 Å². The highest BCUT2D eigenvalue weighted by molar-refractivity contribution is 5.95. The van der Waals surface area contributed by atoms with E-state index in [2.05, 4.69) is 10.6 Å². The maximum atomic E-state index is 12.1. The number of rotatable bonds is 4. The van der Waals surface area contributed by atoms with E-state index in [1.807, 2.05) is 0 Å². The summed E-state index contributed by atoms with van der Waals surface area (Å²) in [6.45, 7) is 3.21. The number of nitrogens with zero attached hydrogens (tertiary/aromatic N) is 1. The van der Waals surface area contributed by atoms with Gasteiger partial charge in [-0.2, -0.15) is 0 Å². The smallest absolute Gasteiger partial charge is 0.338 e. The molecule has 1 aliphatic heterocycles. The molecular formula is C14H14N3O6-. The summed E-state index contributed by atoms with van der Waals surface area (Å²) in [5.41, 5.74) is -0.128. The van der Waals surface area contributed by atoms with Crippen molar-refractivity contribution in [3.05, 3.63) is 45.1 Å². The van der Waals surface area contributed by atoms with E-state index < -0.39 is 28.7 Å². The van der Waals surface area contributed by atoms with Gasteiger partial charge in [-0.1, -0.05) is 6.07 Å². The summed E-state index contributed by atoms with van der Waals surface area (Å²) in [6.07, 6.45) is 0. The second kappa shape index (κ2) is 6.34. The van der Waals surface area contributed by atoms with Crippen molar-refractivity contribution in [1.82, 2.24) is 10.6 Å². The maximum Gasteiger partial charge on any atom is 0.338 e. The molecule has 0 radical (unpaired) electrons. The number of allylic oxidation sites excluding steroid dienone is 1. The van der Waals surface area contributed by atoms with Crippen LogP contribution in [-0.2, 0) is 9.53 Å². The minimum Gasteiger partial charge on any atom is -0.872 e. The summed E-state index contributed by atoms with van der Waals surface area (Å²) in [4.78, 5) is 34.0. The number of urea groups is 1. The molecule has 1 aromatic rings. The second-order valence-electron chi connectivity index (χ2n) is 4.77. The molecule has 2 N–H and O–H groups in total. The van der Waals surface area contributed by atoms with Crippen molar-refractivity contribution in [2.24, 2.45) is 0 Å². The number of esters is 1. The fraction of sp³-hybridized carbons (Fsp3) is 0.286. The lowest BCUT2D eigenvalue weighted by Gasteiger charge is -2.30. The topological polar surface area (TPSA) is 134 Å². The molecule has 23 heavy (non-hydrogen) atoms. The number of non-ortho nitro benzene ring substituents is 1. The number of benzene rings is 1. The number of hydrogen-bond acceptors (Lipinski definition) is 6. The number of carbonyl (C=O) groups is 2. The Morgan fingerprint density at radius 1 is 1.43 bits per heavy atom. The van der Waals surface area contributed by atoms with Crippen molar-refractivity contribution in [2.45, 2.75) is 19.9 Å². The van der Waals surface area contributed by atoms with Crippen molar-refractivity contribution < 1.29 is 24.4 Å². The molecule has 0 fully saturated rings. The fourth-order valence-corrected chi connectivity index (χ4v) is 2.28. The van der Waals surface area contributed by atoms with Gasteiger partial charge in [0.1, 0.15) is 0 Å². The first-order valence-electron chi connectivity index (χ1n) is 6.76. The SMILES string of the molecule is CCOC(=O)C1=C(C)NC(=O)NC1c1cc([N+](=O)[O-])ccc1[O-]. The Bertz CT molecular complexity index is 712. The van der Waals surface area contributed by atoms with Crippen LogP contribution in [0.2, 0.25) is 0 Å². The largest absolute Gasteiger partial charge is 0.872 e. The third-order valence-electron chi connectivity index (χ3n) is 3.28. The molecule has 0 saturated heterocycles. The zero-order valence-corrected chi connectivity index (χ0v) is 12.4. The number of nitro groups is 1. The molecule has 0 aromatic heterocycles. The van der Waals surface area contributed by atoms with E-state index in [9.17, 15) is 24.8 Å². The quantitative estimate of drug-likeness (QED) is 0.480. The van der Waals surface area contributed by atoms with E-state index in [-0.39, 0.29) is 29.1 Å². The highest BCUT2D eigenvalue weighted by Gasteiger charge is 2.33. The lowest BCUT2D eigenvalue weighted by molar-refractivity contribution is -0.385. The average Bonchev–Trinajstić information content (AvgIpc) is 2.46. The number of carbonyl (C=O) groups excluding carboxylic acids is 2. The Kier molecular flexibility index (Phi) is 4.49. The molecule has 1 unspecified atom stereocenters. The lowest BCUT2D eigenvalue weighted by Crippen LogP contribution is -2.45. The van der Waals surface area contributed by atoms with Crippen molar-refractivity contribution >= 4 is 17.7 Å². The molecule has 1 aliphatic rings. The summed E-state index contributed by atoms with van der Waals surface area (Å²) in [5, 5.41) is 27.8. The zero-order chi connectivity index (χ0) is 17.1. The molecular weight excluding hydrogens is 306 g/mol. The summed E-state index contributed by atoms with van der Waals surface area (Å²) in [7, 11) is 0. The summed E-state index contributed by atoms with van der Waals surface area (Å²) in [6, 6.07) is 1.40. The number of amides is 2. The summed E-state index contributed by atoms with van der Waals surface area (Å²) < 4.78 is 4.93. The van der Waals surface area contributed by atoms with Crippen molar-refractivity contribution in [3.8, 4) is 5.75 Å². The molecule has 9 heteroatoms. The van der Waals surface area contributed by atoms with Crippen LogP contribution in [0.3, 0.4) is 0 Å². The minimum absolute atomic E-state index is 0.0315. The summed E-state index contributed by atoms with van der Waals surface area (Å²) >= 11 is 0. The molecule has 0 bridgehead atoms. The van der Waals surface area contributed by atoms with Crippen molar-refractivity contribution in [2.75, 3.05) is 6.61 Å². The lowest BCUT2D eigenvalue weighted by atomic mass is 9.94. The highest BCUT2D eigenvalue weighted by atomic mass is 16.6. The Labute approximate surface area is 131 Å². The van der Waals surface area contributed by atoms with Gasteiger partial charge in [-0.05, 0) is 19.4 Å². The number of nitrogens with one attached hydrogen (secondary N) is 2. The van der Waals surface area contributed by atoms with Gasteiger partial charge in [-0.25, -0.2) is 9.59 Å². The van der Waals surface area contributed by atoms with Crippen LogP contribution in [0, 0.1) is 10.1 Å². The predicted molar refractivity (Wildman–Crippen MR) is 76.3 cm³/mol. The first kappa shape index (κ1) is 16.3. The Hall–Kier alpha value is -3.10. The van der Waals surface area contributed by atoms with Crippen LogP contribution in [0.1, 0.15) is 25.5 Å². The van der Waals surface area contributed by atoms with Gasteiger partial charge in [0.2, 0.25) is 0 Å². The van der Waals surface area contributed by atoms with E-state index in [0.717, 1.165) is 18.2 Å². The molecule has 9 nitrogen and oxygen atoms in total. The zero-order valence-electron chi connectivity index (χ0n) is 12.4. The predicted octanol–water partition coefficient (Wildman–Crippen LogP) is 0.859. The minimum atomic E-state index is -1.12. The molecule has 1 aromatic carbocycles. The Balaban J connectivity index is 2.56. The van der Waals surface area contributed by atoms with Crippen LogP contribution in [0.25, 0.3) is 0 Å². The molecule has 0 saturated carbocycles. The molecule has 2 amide bonds. The molecule has 1 heterocycles. The van der Waals surface area contributed by atoms with Gasteiger partial charge in [-0.3, -0.25) is 10.1 Å². The van der Waals surface area contributed by atoms with E-state index >= 15 is 0 Å². The van der Waals surface area contributed by atoms with Crippen LogP contribution in [-0.4, -0.2) is 23.5 Å². The first-order valence-corrected chi connectivity index (χ1v) is 6.76. The average molecular weight is 320 g/mol. The molecule has 122 valence electrons. The van der Waals surface area contributed by atoms with E-state index in [1.54, 1.807) is 6.92 Å². The van der Waals surface area contributed by atoms with Gasteiger partial charge in [0, 0.05) is 17.8 Å². The van der Waals surface area contributed by atoms with Gasteiger partial charge in [-0.15, -0.1) is 5.75 Å². The van der Waals surface area contributed by atoms with Gasteiger partial charge < -0.3 is 20.5 Å². The van der Waals surface area contributed by atoms with Crippen molar-refractivity contribution in [1.29, 1.82) is 0 Å². The number of hydrogen-bond donors (Lipinski definition) is 2.